The van der Waals surface area contributed by atoms with Gasteiger partial charge in [-0.1, -0.05) is 6.07 Å². The molecule has 0 radical (unpaired) electrons. The van der Waals surface area contributed by atoms with Crippen LogP contribution >= 0.6 is 0 Å². The van der Waals surface area contributed by atoms with Crippen LogP contribution in [0.2, 0.25) is 0 Å². The fourth-order valence-electron chi connectivity index (χ4n) is 1.06. The van der Waals surface area contributed by atoms with Gasteiger partial charge in [0.25, 0.3) is 0 Å². The van der Waals surface area contributed by atoms with Crippen LogP contribution in [0.5, 0.6) is 11.5 Å². The normalized spacial score (nSPS) is 9.93. The number of nitro groups is 1. The zero-order valence-electron chi connectivity index (χ0n) is 7.92. The molecule has 0 saturated heterocycles. The van der Waals surface area contributed by atoms with Crippen LogP contribution in [0, 0.1) is 10.1 Å². The molecule has 0 atom stereocenters. The lowest BCUT2D eigenvalue weighted by molar-refractivity contribution is -0.386. The topological polar surface area (TPSA) is 92.8 Å². The van der Waals surface area contributed by atoms with E-state index in [0.29, 0.717) is 6.42 Å². The van der Waals surface area contributed by atoms with Crippen molar-refractivity contribution >= 4 is 5.69 Å². The Morgan fingerprint density at radius 3 is 2.80 bits per heavy atom. The average Bonchev–Trinajstić information content (AvgIpc) is 2.17. The molecule has 2 N–H and O–H groups in total. The highest BCUT2D eigenvalue weighted by Gasteiger charge is 2.20. The molecule has 0 heterocycles. The zero-order valence-corrected chi connectivity index (χ0v) is 7.92. The second-order valence-electron chi connectivity index (χ2n) is 2.81. The van der Waals surface area contributed by atoms with Gasteiger partial charge in [-0.05, 0) is 12.1 Å². The number of para-hydroxylation sites is 1. The van der Waals surface area contributed by atoms with Crippen LogP contribution in [-0.2, 0) is 0 Å². The number of nitro benzene ring substituents is 1. The molecule has 0 unspecified atom stereocenters. The van der Waals surface area contributed by atoms with E-state index in [9.17, 15) is 15.2 Å². The van der Waals surface area contributed by atoms with Crippen LogP contribution < -0.4 is 4.74 Å². The molecule has 0 saturated carbocycles. The Kier molecular flexibility index (Phi) is 3.87. The van der Waals surface area contributed by atoms with Crippen molar-refractivity contribution in [3.05, 3.63) is 28.3 Å². The highest BCUT2D eigenvalue weighted by Crippen LogP contribution is 2.35. The monoisotopic (exact) mass is 213 g/mol. The van der Waals surface area contributed by atoms with Gasteiger partial charge in [0.05, 0.1) is 11.5 Å². The number of hydrogen-bond donors (Lipinski definition) is 2. The Morgan fingerprint density at radius 1 is 1.47 bits per heavy atom. The Balaban J connectivity index is 2.86. The van der Waals surface area contributed by atoms with Gasteiger partial charge in [0.2, 0.25) is 5.75 Å². The summed E-state index contributed by atoms with van der Waals surface area (Å²) in [5.74, 6) is -0.421. The Bertz CT molecular complexity index is 352. The lowest BCUT2D eigenvalue weighted by atomic mass is 10.3. The van der Waals surface area contributed by atoms with Gasteiger partial charge in [-0.2, -0.15) is 0 Å². The molecule has 0 amide bonds. The molecular weight excluding hydrogens is 202 g/mol. The largest absolute Gasteiger partial charge is 0.502 e. The molecule has 0 aliphatic carbocycles. The quantitative estimate of drug-likeness (QED) is 0.433. The Morgan fingerprint density at radius 2 is 2.20 bits per heavy atom. The smallest absolute Gasteiger partial charge is 0.352 e. The van der Waals surface area contributed by atoms with Crippen LogP contribution in [0.1, 0.15) is 6.42 Å². The Hall–Kier alpha value is -1.82. The standard InChI is InChI=1S/C9H11NO5/c11-5-2-6-15-8-4-1-3-7(12)9(8)10(13)14/h1,3-4,11-12H,2,5-6H2. The molecular formula is C9H11NO5. The number of benzene rings is 1. The molecule has 6 heteroatoms. The van der Waals surface area contributed by atoms with Crippen molar-refractivity contribution in [3.8, 4) is 11.5 Å². The number of nitrogens with zero attached hydrogens (tertiary/aromatic N) is 1. The van der Waals surface area contributed by atoms with Gasteiger partial charge in [0.1, 0.15) is 0 Å². The maximum atomic E-state index is 10.6. The summed E-state index contributed by atoms with van der Waals surface area (Å²) in [6, 6.07) is 4.07. The van der Waals surface area contributed by atoms with Gasteiger partial charge in [-0.25, -0.2) is 0 Å². The first-order valence-electron chi connectivity index (χ1n) is 4.37. The van der Waals surface area contributed by atoms with E-state index in [1.807, 2.05) is 0 Å². The summed E-state index contributed by atoms with van der Waals surface area (Å²) in [4.78, 5) is 9.89. The number of aromatic hydroxyl groups is 1. The number of aliphatic hydroxyl groups is 1. The summed E-state index contributed by atoms with van der Waals surface area (Å²) in [6.45, 7) is 0.118. The van der Waals surface area contributed by atoms with Crippen LogP contribution in [0.4, 0.5) is 5.69 Å². The van der Waals surface area contributed by atoms with Crippen LogP contribution in [-0.4, -0.2) is 28.4 Å². The SMILES string of the molecule is O=[N+]([O-])c1c(O)cccc1OCCCO. The van der Waals surface area contributed by atoms with Crippen molar-refractivity contribution in [2.24, 2.45) is 0 Å². The minimum atomic E-state index is -0.705. The number of phenolic OH excluding ortho intramolecular Hbond substituents is 1. The van der Waals surface area contributed by atoms with E-state index in [1.54, 1.807) is 0 Å². The van der Waals surface area contributed by atoms with E-state index in [1.165, 1.54) is 18.2 Å². The summed E-state index contributed by atoms with van der Waals surface area (Å²) in [5, 5.41) is 28.4. The summed E-state index contributed by atoms with van der Waals surface area (Å²) in [6.07, 6.45) is 0.382. The first-order valence-corrected chi connectivity index (χ1v) is 4.37. The number of ether oxygens (including phenoxy) is 1. The lowest BCUT2D eigenvalue weighted by Crippen LogP contribution is -2.02. The molecule has 1 aromatic rings. The van der Waals surface area contributed by atoms with Gasteiger partial charge >= 0.3 is 5.69 Å². The van der Waals surface area contributed by atoms with Crippen LogP contribution in [0.15, 0.2) is 18.2 Å². The molecule has 1 aromatic carbocycles. The number of phenols is 1. The van der Waals surface area contributed by atoms with E-state index in [0.717, 1.165) is 0 Å². The summed E-state index contributed by atoms with van der Waals surface area (Å²) in [7, 11) is 0. The van der Waals surface area contributed by atoms with E-state index < -0.39 is 16.4 Å². The van der Waals surface area contributed by atoms with Gasteiger partial charge in [-0.15, -0.1) is 0 Å². The van der Waals surface area contributed by atoms with E-state index in [4.69, 9.17) is 9.84 Å². The third-order valence-corrected chi connectivity index (χ3v) is 1.72. The summed E-state index contributed by atoms with van der Waals surface area (Å²) in [5.41, 5.74) is -0.449. The molecule has 0 aliphatic heterocycles. The summed E-state index contributed by atoms with van der Waals surface area (Å²) >= 11 is 0. The highest BCUT2D eigenvalue weighted by atomic mass is 16.6. The second kappa shape index (κ2) is 5.16. The van der Waals surface area contributed by atoms with E-state index in [2.05, 4.69) is 0 Å². The van der Waals surface area contributed by atoms with Crippen molar-refractivity contribution in [1.82, 2.24) is 0 Å². The molecule has 1 rings (SSSR count). The first kappa shape index (κ1) is 11.3. The lowest BCUT2D eigenvalue weighted by Gasteiger charge is -2.06. The van der Waals surface area contributed by atoms with Crippen molar-refractivity contribution in [3.63, 3.8) is 0 Å². The molecule has 0 aliphatic rings. The van der Waals surface area contributed by atoms with Gasteiger partial charge < -0.3 is 14.9 Å². The second-order valence-corrected chi connectivity index (χ2v) is 2.81. The Labute approximate surface area is 85.9 Å². The third kappa shape index (κ3) is 2.81. The van der Waals surface area contributed by atoms with Crippen molar-refractivity contribution in [2.45, 2.75) is 6.42 Å². The molecule has 0 spiro atoms. The number of aliphatic hydroxyl groups excluding tert-OH is 1. The van der Waals surface area contributed by atoms with E-state index in [-0.39, 0.29) is 19.0 Å². The van der Waals surface area contributed by atoms with Gasteiger partial charge in [-0.3, -0.25) is 10.1 Å². The highest BCUT2D eigenvalue weighted by molar-refractivity contribution is 5.56. The predicted molar refractivity (Wildman–Crippen MR) is 52.0 cm³/mol. The maximum absolute atomic E-state index is 10.6. The van der Waals surface area contributed by atoms with Crippen LogP contribution in [0.25, 0.3) is 0 Å². The third-order valence-electron chi connectivity index (χ3n) is 1.72. The molecule has 15 heavy (non-hydrogen) atoms. The molecule has 82 valence electrons. The maximum Gasteiger partial charge on any atom is 0.352 e. The van der Waals surface area contributed by atoms with Gasteiger partial charge in [0, 0.05) is 13.0 Å². The van der Waals surface area contributed by atoms with Crippen molar-refractivity contribution in [2.75, 3.05) is 13.2 Å². The van der Waals surface area contributed by atoms with Crippen LogP contribution in [0.3, 0.4) is 0 Å². The zero-order chi connectivity index (χ0) is 11.3. The van der Waals surface area contributed by atoms with Gasteiger partial charge in [0.15, 0.2) is 5.75 Å². The first-order chi connectivity index (χ1) is 7.16. The number of hydrogen-bond acceptors (Lipinski definition) is 5. The average molecular weight is 213 g/mol. The molecule has 0 aromatic heterocycles. The van der Waals surface area contributed by atoms with Crippen molar-refractivity contribution in [1.29, 1.82) is 0 Å². The molecule has 6 nitrogen and oxygen atoms in total. The summed E-state index contributed by atoms with van der Waals surface area (Å²) < 4.78 is 5.06. The fourth-order valence-corrected chi connectivity index (χ4v) is 1.06. The van der Waals surface area contributed by atoms with Crippen molar-refractivity contribution < 1.29 is 19.9 Å². The van der Waals surface area contributed by atoms with E-state index >= 15 is 0 Å². The number of rotatable bonds is 5. The predicted octanol–water partition coefficient (Wildman–Crippen LogP) is 1.06. The molecule has 0 bridgehead atoms. The minimum absolute atomic E-state index is 0.00782. The minimum Gasteiger partial charge on any atom is -0.502 e. The molecule has 0 fully saturated rings. The fraction of sp³-hybridized carbons (Fsp3) is 0.333.